The second kappa shape index (κ2) is 6.07. The Bertz CT molecular complexity index is 882. The summed E-state index contributed by atoms with van der Waals surface area (Å²) in [6.45, 7) is 0.470. The number of halogens is 1. The molecule has 1 heterocycles. The normalized spacial score (nSPS) is 10.8. The first-order valence-corrected chi connectivity index (χ1v) is 7.16. The van der Waals surface area contributed by atoms with Crippen LogP contribution in [0, 0.1) is 0 Å². The number of hydrogen-bond donors (Lipinski definition) is 2. The summed E-state index contributed by atoms with van der Waals surface area (Å²) in [6.07, 6.45) is 0.638. The lowest BCUT2D eigenvalue weighted by Gasteiger charge is -2.06. The number of oxazole rings is 1. The van der Waals surface area contributed by atoms with Crippen LogP contribution in [0.3, 0.4) is 0 Å². The number of H-pyrrole nitrogens is 1. The van der Waals surface area contributed by atoms with Crippen molar-refractivity contribution in [3.63, 3.8) is 0 Å². The minimum absolute atomic E-state index is 0.205. The molecule has 112 valence electrons. The molecule has 22 heavy (non-hydrogen) atoms. The Morgan fingerprint density at radius 2 is 2.05 bits per heavy atom. The van der Waals surface area contributed by atoms with Gasteiger partial charge in [0.15, 0.2) is 5.58 Å². The van der Waals surface area contributed by atoms with E-state index in [0.717, 1.165) is 5.56 Å². The van der Waals surface area contributed by atoms with Crippen LogP contribution < -0.4 is 11.1 Å². The maximum atomic E-state index is 12.0. The zero-order valence-corrected chi connectivity index (χ0v) is 12.3. The molecular formula is C16H13ClN2O3. The highest BCUT2D eigenvalue weighted by Crippen LogP contribution is 2.15. The average Bonchev–Trinajstić information content (AvgIpc) is 2.87. The average molecular weight is 317 g/mol. The fraction of sp³-hybridized carbons (Fsp3) is 0.125. The van der Waals surface area contributed by atoms with Crippen LogP contribution >= 0.6 is 11.6 Å². The van der Waals surface area contributed by atoms with Crippen molar-refractivity contribution in [2.24, 2.45) is 0 Å². The number of rotatable bonds is 4. The van der Waals surface area contributed by atoms with Crippen molar-refractivity contribution in [3.8, 4) is 0 Å². The van der Waals surface area contributed by atoms with Crippen LogP contribution in [0.1, 0.15) is 15.9 Å². The van der Waals surface area contributed by atoms with E-state index in [1.165, 1.54) is 0 Å². The number of benzene rings is 2. The fourth-order valence-electron chi connectivity index (χ4n) is 2.22. The Morgan fingerprint density at radius 1 is 1.23 bits per heavy atom. The maximum absolute atomic E-state index is 12.0. The van der Waals surface area contributed by atoms with Crippen LogP contribution in [0.4, 0.5) is 0 Å². The molecule has 5 nitrogen and oxygen atoms in total. The van der Waals surface area contributed by atoms with Crippen molar-refractivity contribution < 1.29 is 9.21 Å². The topological polar surface area (TPSA) is 75.1 Å². The van der Waals surface area contributed by atoms with E-state index in [4.69, 9.17) is 16.0 Å². The van der Waals surface area contributed by atoms with E-state index in [0.29, 0.717) is 34.7 Å². The molecule has 0 bridgehead atoms. The molecule has 0 unspecified atom stereocenters. The molecular weight excluding hydrogens is 304 g/mol. The van der Waals surface area contributed by atoms with E-state index in [1.54, 1.807) is 30.3 Å². The molecule has 3 aromatic rings. The van der Waals surface area contributed by atoms with Gasteiger partial charge in [-0.2, -0.15) is 0 Å². The van der Waals surface area contributed by atoms with Gasteiger partial charge in [-0.15, -0.1) is 0 Å². The van der Waals surface area contributed by atoms with Crippen molar-refractivity contribution in [1.82, 2.24) is 10.3 Å². The maximum Gasteiger partial charge on any atom is 0.417 e. The lowest BCUT2D eigenvalue weighted by Crippen LogP contribution is -2.25. The minimum Gasteiger partial charge on any atom is -0.408 e. The first kappa shape index (κ1) is 14.4. The van der Waals surface area contributed by atoms with Crippen LogP contribution in [-0.2, 0) is 6.42 Å². The van der Waals surface area contributed by atoms with Gasteiger partial charge in [0.2, 0.25) is 0 Å². The largest absolute Gasteiger partial charge is 0.417 e. The molecule has 3 rings (SSSR count). The lowest BCUT2D eigenvalue weighted by molar-refractivity contribution is 0.0954. The van der Waals surface area contributed by atoms with Crippen LogP contribution in [0.2, 0.25) is 5.02 Å². The van der Waals surface area contributed by atoms with Gasteiger partial charge < -0.3 is 9.73 Å². The number of fused-ring (bicyclic) bond motifs is 1. The number of hydrogen-bond acceptors (Lipinski definition) is 3. The highest BCUT2D eigenvalue weighted by Gasteiger charge is 2.09. The number of aromatic amines is 1. The van der Waals surface area contributed by atoms with Gasteiger partial charge in [-0.05, 0) is 36.2 Å². The monoisotopic (exact) mass is 316 g/mol. The van der Waals surface area contributed by atoms with E-state index in [-0.39, 0.29) is 5.91 Å². The number of carbonyl (C=O) groups excluding carboxylic acids is 1. The Morgan fingerprint density at radius 3 is 2.86 bits per heavy atom. The van der Waals surface area contributed by atoms with Crippen molar-refractivity contribution in [2.45, 2.75) is 6.42 Å². The van der Waals surface area contributed by atoms with Gasteiger partial charge in [0, 0.05) is 6.54 Å². The summed E-state index contributed by atoms with van der Waals surface area (Å²) in [4.78, 5) is 25.7. The van der Waals surface area contributed by atoms with Gasteiger partial charge >= 0.3 is 5.76 Å². The Hall–Kier alpha value is -2.53. The molecule has 0 fully saturated rings. The molecule has 2 aromatic carbocycles. The summed E-state index contributed by atoms with van der Waals surface area (Å²) in [5.41, 5.74) is 2.62. The van der Waals surface area contributed by atoms with Crippen LogP contribution in [-0.4, -0.2) is 17.4 Å². The predicted molar refractivity (Wildman–Crippen MR) is 84.3 cm³/mol. The molecule has 0 atom stereocenters. The summed E-state index contributed by atoms with van der Waals surface area (Å²) in [7, 11) is 0. The Labute approximate surface area is 130 Å². The third-order valence-electron chi connectivity index (χ3n) is 3.30. The lowest BCUT2D eigenvalue weighted by atomic mass is 10.1. The third-order valence-corrected chi connectivity index (χ3v) is 3.63. The first-order chi connectivity index (χ1) is 10.6. The highest BCUT2D eigenvalue weighted by atomic mass is 35.5. The number of nitrogens with one attached hydrogen (secondary N) is 2. The standard InChI is InChI=1S/C16H13ClN2O3/c17-12-4-2-1-3-11(12)15(20)18-8-7-10-5-6-14-13(9-10)19-16(21)22-14/h1-6,9H,7-8H2,(H,18,20)(H,19,21). The zero-order chi connectivity index (χ0) is 15.5. The summed E-state index contributed by atoms with van der Waals surface area (Å²) in [5, 5.41) is 3.25. The number of carbonyl (C=O) groups is 1. The zero-order valence-electron chi connectivity index (χ0n) is 11.6. The molecule has 0 aliphatic carbocycles. The molecule has 0 aliphatic rings. The third kappa shape index (κ3) is 3.04. The minimum atomic E-state index is -0.473. The van der Waals surface area contributed by atoms with Gasteiger partial charge in [-0.3, -0.25) is 9.78 Å². The van der Waals surface area contributed by atoms with Gasteiger partial charge in [0.1, 0.15) is 0 Å². The second-order valence-electron chi connectivity index (χ2n) is 4.83. The van der Waals surface area contributed by atoms with Gasteiger partial charge in [-0.25, -0.2) is 4.79 Å². The van der Waals surface area contributed by atoms with Crippen LogP contribution in [0.15, 0.2) is 51.7 Å². The van der Waals surface area contributed by atoms with Crippen LogP contribution in [0.5, 0.6) is 0 Å². The molecule has 0 radical (unpaired) electrons. The molecule has 1 aromatic heterocycles. The molecule has 0 spiro atoms. The fourth-order valence-corrected chi connectivity index (χ4v) is 2.44. The van der Waals surface area contributed by atoms with E-state index in [2.05, 4.69) is 10.3 Å². The van der Waals surface area contributed by atoms with E-state index in [9.17, 15) is 9.59 Å². The summed E-state index contributed by atoms with van der Waals surface area (Å²) < 4.78 is 4.94. The quantitative estimate of drug-likeness (QED) is 0.777. The number of amides is 1. The second-order valence-corrected chi connectivity index (χ2v) is 5.24. The molecule has 1 amide bonds. The van der Waals surface area contributed by atoms with Crippen molar-refractivity contribution in [3.05, 3.63) is 69.2 Å². The summed E-state index contributed by atoms with van der Waals surface area (Å²) in [5.74, 6) is -0.678. The molecule has 0 saturated heterocycles. The van der Waals surface area contributed by atoms with Crippen molar-refractivity contribution in [2.75, 3.05) is 6.54 Å². The van der Waals surface area contributed by atoms with E-state index >= 15 is 0 Å². The van der Waals surface area contributed by atoms with E-state index in [1.807, 2.05) is 12.1 Å². The predicted octanol–water partition coefficient (Wildman–Crippen LogP) is 2.75. The van der Waals surface area contributed by atoms with E-state index < -0.39 is 5.76 Å². The molecule has 0 aliphatic heterocycles. The molecule has 0 saturated carbocycles. The van der Waals surface area contributed by atoms with Gasteiger partial charge in [-0.1, -0.05) is 29.8 Å². The Balaban J connectivity index is 1.63. The van der Waals surface area contributed by atoms with Crippen LogP contribution in [0.25, 0.3) is 11.1 Å². The summed E-state index contributed by atoms with van der Waals surface area (Å²) in [6, 6.07) is 12.3. The first-order valence-electron chi connectivity index (χ1n) is 6.78. The van der Waals surface area contributed by atoms with Gasteiger partial charge in [0.25, 0.3) is 5.91 Å². The number of aromatic nitrogens is 1. The molecule has 2 N–H and O–H groups in total. The molecule has 6 heteroatoms. The highest BCUT2D eigenvalue weighted by molar-refractivity contribution is 6.33. The van der Waals surface area contributed by atoms with Crippen molar-refractivity contribution >= 4 is 28.6 Å². The van der Waals surface area contributed by atoms with Crippen molar-refractivity contribution in [1.29, 1.82) is 0 Å². The summed E-state index contributed by atoms with van der Waals surface area (Å²) >= 11 is 5.98. The van der Waals surface area contributed by atoms with Gasteiger partial charge in [0.05, 0.1) is 16.1 Å². The SMILES string of the molecule is O=C(NCCc1ccc2oc(=O)[nH]c2c1)c1ccccc1Cl. The smallest absolute Gasteiger partial charge is 0.408 e. The Kier molecular flexibility index (Phi) is 3.98.